The van der Waals surface area contributed by atoms with Crippen molar-refractivity contribution in [2.75, 3.05) is 18.2 Å². The lowest BCUT2D eigenvalue weighted by Crippen LogP contribution is -2.33. The maximum absolute atomic E-state index is 13.0. The van der Waals surface area contributed by atoms with Gasteiger partial charge in [0.25, 0.3) is 5.91 Å². The average molecular weight is 364 g/mol. The van der Waals surface area contributed by atoms with Crippen LogP contribution in [0.3, 0.4) is 0 Å². The van der Waals surface area contributed by atoms with Crippen molar-refractivity contribution >= 4 is 30.6 Å². The number of amides is 1. The van der Waals surface area contributed by atoms with Crippen molar-refractivity contribution in [1.82, 2.24) is 14.9 Å². The molecule has 2 rings (SSSR count). The van der Waals surface area contributed by atoms with Crippen LogP contribution in [-0.4, -0.2) is 47.3 Å². The molecular formula is C20H24N6O. The summed E-state index contributed by atoms with van der Waals surface area (Å²) >= 11 is 0. The zero-order valence-corrected chi connectivity index (χ0v) is 15.8. The lowest BCUT2D eigenvalue weighted by molar-refractivity contribution is 0.0766. The topological polar surface area (TPSA) is 74.1 Å². The number of aromatic nitrogens is 2. The van der Waals surface area contributed by atoms with Gasteiger partial charge in [0, 0.05) is 50.9 Å². The van der Waals surface area contributed by atoms with Crippen molar-refractivity contribution in [2.45, 2.75) is 20.3 Å². The second-order valence-corrected chi connectivity index (χ2v) is 5.89. The van der Waals surface area contributed by atoms with E-state index in [9.17, 15) is 4.79 Å². The second-order valence-electron chi connectivity index (χ2n) is 5.89. The zero-order chi connectivity index (χ0) is 19.8. The highest BCUT2D eigenvalue weighted by atomic mass is 16.2. The molecule has 0 saturated carbocycles. The first-order valence-corrected chi connectivity index (χ1v) is 8.60. The number of para-hydroxylation sites is 1. The number of anilines is 1. The van der Waals surface area contributed by atoms with E-state index >= 15 is 0 Å². The molecule has 0 aliphatic carbocycles. The maximum atomic E-state index is 13.0. The Morgan fingerprint density at radius 1 is 1.15 bits per heavy atom. The van der Waals surface area contributed by atoms with E-state index in [2.05, 4.69) is 40.2 Å². The fourth-order valence-corrected chi connectivity index (χ4v) is 2.54. The van der Waals surface area contributed by atoms with Crippen LogP contribution in [0.25, 0.3) is 5.57 Å². The van der Waals surface area contributed by atoms with E-state index in [0.29, 0.717) is 36.6 Å². The SMILES string of the molecule is C=NN(N=C)c1ccccc1C(=O)N(CC)CCc1ncc(C(=C)C)cn1. The Kier molecular flexibility index (Phi) is 6.93. The fraction of sp³-hybridized carbons (Fsp3) is 0.250. The van der Waals surface area contributed by atoms with Gasteiger partial charge in [-0.3, -0.25) is 4.79 Å². The summed E-state index contributed by atoms with van der Waals surface area (Å²) in [6.07, 6.45) is 4.06. The van der Waals surface area contributed by atoms with Crippen molar-refractivity contribution in [2.24, 2.45) is 10.2 Å². The molecule has 7 nitrogen and oxygen atoms in total. The molecule has 1 amide bonds. The molecule has 0 aliphatic heterocycles. The molecule has 1 aromatic carbocycles. The summed E-state index contributed by atoms with van der Waals surface area (Å²) in [4.78, 5) is 23.4. The molecule has 0 radical (unpaired) electrons. The Morgan fingerprint density at radius 3 is 2.33 bits per heavy atom. The van der Waals surface area contributed by atoms with Crippen molar-refractivity contribution in [3.63, 3.8) is 0 Å². The van der Waals surface area contributed by atoms with E-state index in [4.69, 9.17) is 0 Å². The number of carbonyl (C=O) groups is 1. The minimum atomic E-state index is -0.121. The Bertz CT molecular complexity index is 823. The van der Waals surface area contributed by atoms with Gasteiger partial charge in [-0.05, 0) is 31.6 Å². The monoisotopic (exact) mass is 364 g/mol. The van der Waals surface area contributed by atoms with Crippen LogP contribution in [0.2, 0.25) is 0 Å². The number of nitrogens with zero attached hydrogens (tertiary/aromatic N) is 6. The molecule has 0 atom stereocenters. The molecule has 2 aromatic rings. The number of benzene rings is 1. The Hall–Kier alpha value is -3.35. The molecule has 1 heterocycles. The second kappa shape index (κ2) is 9.38. The van der Waals surface area contributed by atoms with E-state index in [0.717, 1.165) is 11.1 Å². The molecule has 0 bridgehead atoms. The van der Waals surface area contributed by atoms with Gasteiger partial charge in [0.05, 0.1) is 11.3 Å². The zero-order valence-electron chi connectivity index (χ0n) is 15.8. The number of hydrogen-bond acceptors (Lipinski definition) is 6. The van der Waals surface area contributed by atoms with Crippen LogP contribution >= 0.6 is 0 Å². The number of allylic oxidation sites excluding steroid dienone is 1. The first-order valence-electron chi connectivity index (χ1n) is 8.60. The lowest BCUT2D eigenvalue weighted by Gasteiger charge is -2.23. The normalized spacial score (nSPS) is 10.1. The Morgan fingerprint density at radius 2 is 1.78 bits per heavy atom. The summed E-state index contributed by atoms with van der Waals surface area (Å²) in [6.45, 7) is 15.7. The van der Waals surface area contributed by atoms with Gasteiger partial charge in [-0.25, -0.2) is 9.97 Å². The summed E-state index contributed by atoms with van der Waals surface area (Å²) in [5.74, 6) is 0.561. The molecule has 7 heteroatoms. The largest absolute Gasteiger partial charge is 0.338 e. The van der Waals surface area contributed by atoms with Crippen LogP contribution in [0.4, 0.5) is 5.69 Å². The van der Waals surface area contributed by atoms with E-state index in [-0.39, 0.29) is 5.91 Å². The summed E-state index contributed by atoms with van der Waals surface area (Å²) in [5, 5.41) is 8.79. The van der Waals surface area contributed by atoms with Gasteiger partial charge in [-0.1, -0.05) is 18.7 Å². The van der Waals surface area contributed by atoms with Crippen LogP contribution in [0, 0.1) is 0 Å². The molecule has 0 spiro atoms. The quantitative estimate of drug-likeness (QED) is 0.506. The van der Waals surface area contributed by atoms with Gasteiger partial charge in [-0.2, -0.15) is 15.3 Å². The van der Waals surface area contributed by atoms with Crippen LogP contribution in [0.15, 0.2) is 53.4 Å². The highest BCUT2D eigenvalue weighted by Gasteiger charge is 2.20. The van der Waals surface area contributed by atoms with E-state index in [1.165, 1.54) is 5.12 Å². The van der Waals surface area contributed by atoms with Crippen molar-refractivity contribution in [1.29, 1.82) is 0 Å². The molecule has 1 aromatic heterocycles. The fourth-order valence-electron chi connectivity index (χ4n) is 2.54. The molecule has 0 N–H and O–H groups in total. The summed E-state index contributed by atoms with van der Waals surface area (Å²) in [5.41, 5.74) is 2.84. The molecule has 0 saturated heterocycles. The van der Waals surface area contributed by atoms with Gasteiger partial charge in [0.1, 0.15) is 5.82 Å². The van der Waals surface area contributed by atoms with Crippen LogP contribution in [0.5, 0.6) is 0 Å². The first kappa shape index (κ1) is 20.0. The standard InChI is InChI=1S/C20H24N6O/c1-6-25(12-11-19-23-13-16(14-24-19)15(2)3)20(27)17-9-7-8-10-18(17)26(21-4)22-5/h7-10,13-14H,2,4-6,11-12H2,1,3H3. The summed E-state index contributed by atoms with van der Waals surface area (Å²) in [6, 6.07) is 7.10. The average Bonchev–Trinajstić information content (AvgIpc) is 2.70. The molecule has 140 valence electrons. The highest BCUT2D eigenvalue weighted by Crippen LogP contribution is 2.22. The predicted octanol–water partition coefficient (Wildman–Crippen LogP) is 3.25. The molecule has 27 heavy (non-hydrogen) atoms. The summed E-state index contributed by atoms with van der Waals surface area (Å²) in [7, 11) is 0. The third kappa shape index (κ3) is 4.84. The highest BCUT2D eigenvalue weighted by molar-refractivity contribution is 5.99. The Balaban J connectivity index is 2.15. The van der Waals surface area contributed by atoms with E-state index < -0.39 is 0 Å². The Labute approximate surface area is 159 Å². The maximum Gasteiger partial charge on any atom is 0.256 e. The van der Waals surface area contributed by atoms with Gasteiger partial charge < -0.3 is 4.90 Å². The third-order valence-electron chi connectivity index (χ3n) is 4.09. The summed E-state index contributed by atoms with van der Waals surface area (Å²) < 4.78 is 0. The van der Waals surface area contributed by atoms with Gasteiger partial charge in [-0.15, -0.1) is 0 Å². The number of carbonyl (C=O) groups excluding carboxylic acids is 1. The minimum absolute atomic E-state index is 0.121. The number of rotatable bonds is 9. The van der Waals surface area contributed by atoms with Gasteiger partial charge >= 0.3 is 0 Å². The van der Waals surface area contributed by atoms with Crippen molar-refractivity contribution < 1.29 is 4.79 Å². The van der Waals surface area contributed by atoms with Crippen molar-refractivity contribution in [3.8, 4) is 0 Å². The van der Waals surface area contributed by atoms with Gasteiger partial charge in [0.2, 0.25) is 0 Å². The van der Waals surface area contributed by atoms with Crippen molar-refractivity contribution in [3.05, 3.63) is 60.2 Å². The molecule has 0 fully saturated rings. The predicted molar refractivity (Wildman–Crippen MR) is 110 cm³/mol. The minimum Gasteiger partial charge on any atom is -0.338 e. The van der Waals surface area contributed by atoms with Crippen LogP contribution in [-0.2, 0) is 6.42 Å². The number of likely N-dealkylation sites (N-methyl/N-ethyl adjacent to an activating group) is 1. The number of hydrogen-bond donors (Lipinski definition) is 0. The first-order chi connectivity index (χ1) is 13.0. The third-order valence-corrected chi connectivity index (χ3v) is 4.09. The molecule has 0 aliphatic rings. The smallest absolute Gasteiger partial charge is 0.256 e. The molecular weight excluding hydrogens is 340 g/mol. The van der Waals surface area contributed by atoms with Crippen LogP contribution in [0.1, 0.15) is 35.6 Å². The van der Waals surface area contributed by atoms with E-state index in [1.807, 2.05) is 19.9 Å². The number of hydrazone groups is 2. The lowest BCUT2D eigenvalue weighted by atomic mass is 10.1. The molecule has 0 unspecified atom stereocenters. The van der Waals surface area contributed by atoms with Gasteiger partial charge in [0.15, 0.2) is 0 Å². The van der Waals surface area contributed by atoms with Crippen LogP contribution < -0.4 is 5.12 Å². The van der Waals surface area contributed by atoms with E-state index in [1.54, 1.807) is 35.5 Å².